The molecule has 0 saturated carbocycles. The largest absolute Gasteiger partial charge is 0.508 e. The highest BCUT2D eigenvalue weighted by Gasteiger charge is 2.15. The molecular weight excluding hydrogens is 338 g/mol. The van der Waals surface area contributed by atoms with Gasteiger partial charge in [0.05, 0.1) is 17.6 Å². The van der Waals surface area contributed by atoms with Gasteiger partial charge in [0.1, 0.15) is 5.75 Å². The maximum Gasteiger partial charge on any atom is 0.225 e. The molecule has 0 saturated heterocycles. The van der Waals surface area contributed by atoms with Crippen molar-refractivity contribution >= 4 is 11.7 Å². The van der Waals surface area contributed by atoms with Crippen LogP contribution in [0.4, 0.5) is 5.82 Å². The van der Waals surface area contributed by atoms with Crippen LogP contribution >= 0.6 is 0 Å². The van der Waals surface area contributed by atoms with E-state index in [-0.39, 0.29) is 11.7 Å². The predicted molar refractivity (Wildman–Crippen MR) is 110 cm³/mol. The lowest BCUT2D eigenvalue weighted by molar-refractivity contribution is -0.116. The van der Waals surface area contributed by atoms with Crippen molar-refractivity contribution in [2.75, 3.05) is 5.32 Å². The maximum absolute atomic E-state index is 12.2. The predicted octanol–water partition coefficient (Wildman–Crippen LogP) is 5.20. The Morgan fingerprint density at radius 1 is 1.19 bits per heavy atom. The number of hydrogen-bond donors (Lipinski definition) is 2. The fraction of sp³-hybridized carbons (Fsp3) is 0.500. The van der Waals surface area contributed by atoms with Gasteiger partial charge >= 0.3 is 0 Å². The number of carbonyl (C=O) groups is 1. The van der Waals surface area contributed by atoms with E-state index in [0.717, 1.165) is 29.8 Å². The minimum Gasteiger partial charge on any atom is -0.508 e. The normalized spacial score (nSPS) is 12.2. The molecule has 0 fully saturated rings. The van der Waals surface area contributed by atoms with Gasteiger partial charge in [-0.05, 0) is 42.5 Å². The zero-order chi connectivity index (χ0) is 19.8. The Hall–Kier alpha value is -2.43. The Labute approximate surface area is 162 Å². The Bertz CT molecular complexity index is 742. The summed E-state index contributed by atoms with van der Waals surface area (Å²) in [7, 11) is 0. The molecule has 146 valence electrons. The molecule has 1 amide bonds. The van der Waals surface area contributed by atoms with E-state index < -0.39 is 0 Å². The molecule has 1 heterocycles. The molecule has 2 N–H and O–H groups in total. The molecule has 1 aromatic carbocycles. The van der Waals surface area contributed by atoms with E-state index in [1.54, 1.807) is 18.3 Å². The first kappa shape index (κ1) is 20.9. The fourth-order valence-corrected chi connectivity index (χ4v) is 2.98. The zero-order valence-electron chi connectivity index (χ0n) is 16.8. The summed E-state index contributed by atoms with van der Waals surface area (Å²) in [6, 6.07) is 6.92. The molecule has 0 radical (unpaired) electrons. The van der Waals surface area contributed by atoms with Gasteiger partial charge < -0.3 is 10.4 Å². The molecule has 1 unspecified atom stereocenters. The highest BCUT2D eigenvalue weighted by molar-refractivity contribution is 5.90. The summed E-state index contributed by atoms with van der Waals surface area (Å²) in [5.74, 6) is 1.51. The smallest absolute Gasteiger partial charge is 0.225 e. The lowest BCUT2D eigenvalue weighted by atomic mass is 9.98. The highest BCUT2D eigenvalue weighted by atomic mass is 16.3. The van der Waals surface area contributed by atoms with E-state index in [2.05, 4.69) is 24.1 Å². The number of phenolic OH excluding ortho intramolecular Hbond substituents is 1. The highest BCUT2D eigenvalue weighted by Crippen LogP contribution is 2.24. The van der Waals surface area contributed by atoms with Crippen LogP contribution in [0.1, 0.15) is 59.1 Å². The van der Waals surface area contributed by atoms with Crippen LogP contribution in [0.15, 0.2) is 30.5 Å². The number of aromatic nitrogens is 2. The average molecular weight is 370 g/mol. The lowest BCUT2D eigenvalue weighted by Crippen LogP contribution is -2.18. The average Bonchev–Trinajstić information content (AvgIpc) is 2.61. The van der Waals surface area contributed by atoms with E-state index in [0.29, 0.717) is 24.1 Å². The molecule has 1 atom stereocenters. The van der Waals surface area contributed by atoms with Crippen molar-refractivity contribution < 1.29 is 9.90 Å². The van der Waals surface area contributed by atoms with Gasteiger partial charge in [-0.3, -0.25) is 4.79 Å². The van der Waals surface area contributed by atoms with Gasteiger partial charge in [0.25, 0.3) is 0 Å². The molecule has 5 heteroatoms. The maximum atomic E-state index is 12.2. The number of anilines is 1. The number of benzene rings is 1. The number of nitrogens with one attached hydrogen (secondary N) is 1. The topological polar surface area (TPSA) is 75.1 Å². The van der Waals surface area contributed by atoms with E-state index in [1.807, 2.05) is 26.0 Å². The summed E-state index contributed by atoms with van der Waals surface area (Å²) in [6.07, 6.45) is 6.39. The molecule has 0 aliphatic carbocycles. The van der Waals surface area contributed by atoms with Crippen molar-refractivity contribution in [1.29, 1.82) is 0 Å². The Morgan fingerprint density at radius 2 is 1.89 bits per heavy atom. The zero-order valence-corrected chi connectivity index (χ0v) is 16.8. The minimum atomic E-state index is -0.0286. The summed E-state index contributed by atoms with van der Waals surface area (Å²) in [5.41, 5.74) is 2.46. The number of amides is 1. The van der Waals surface area contributed by atoms with Gasteiger partial charge in [-0.25, -0.2) is 9.97 Å². The summed E-state index contributed by atoms with van der Waals surface area (Å²) in [5, 5.41) is 12.4. The number of hydrogen-bond acceptors (Lipinski definition) is 4. The van der Waals surface area contributed by atoms with Gasteiger partial charge in [0.2, 0.25) is 5.91 Å². The van der Waals surface area contributed by atoms with Crippen LogP contribution in [-0.2, 0) is 11.2 Å². The van der Waals surface area contributed by atoms with Gasteiger partial charge in [-0.15, -0.1) is 0 Å². The van der Waals surface area contributed by atoms with Crippen LogP contribution in [0.3, 0.4) is 0 Å². The number of aromatic hydroxyl groups is 1. The third-order valence-corrected chi connectivity index (χ3v) is 4.45. The molecule has 1 aromatic heterocycles. The third kappa shape index (κ3) is 6.66. The Kier molecular flexibility index (Phi) is 7.77. The van der Waals surface area contributed by atoms with Crippen molar-refractivity contribution in [3.63, 3.8) is 0 Å². The molecule has 2 rings (SSSR count). The second-order valence-electron chi connectivity index (χ2n) is 7.70. The molecular formula is C22H31N3O2. The van der Waals surface area contributed by atoms with Crippen LogP contribution in [0.2, 0.25) is 0 Å². The first-order chi connectivity index (χ1) is 12.9. The van der Waals surface area contributed by atoms with Gasteiger partial charge in [-0.1, -0.05) is 47.0 Å². The van der Waals surface area contributed by atoms with Crippen molar-refractivity contribution in [3.8, 4) is 17.0 Å². The van der Waals surface area contributed by atoms with Crippen molar-refractivity contribution in [3.05, 3.63) is 36.2 Å². The van der Waals surface area contributed by atoms with Crippen LogP contribution in [0.5, 0.6) is 5.75 Å². The van der Waals surface area contributed by atoms with Crippen molar-refractivity contribution in [2.45, 2.75) is 59.8 Å². The van der Waals surface area contributed by atoms with Crippen LogP contribution in [-0.4, -0.2) is 21.0 Å². The van der Waals surface area contributed by atoms with Gasteiger partial charge in [0.15, 0.2) is 5.82 Å². The standard InChI is InChI=1S/C22H31N3O2/c1-5-6-7-16(4)13-19-22(25-21(27)12-15(2)3)23-14-20(24-19)17-8-10-18(26)11-9-17/h8-11,14-16,26H,5-7,12-13H2,1-4H3,(H,23,25,27). The second-order valence-corrected chi connectivity index (χ2v) is 7.70. The summed E-state index contributed by atoms with van der Waals surface area (Å²) in [4.78, 5) is 21.5. The first-order valence-electron chi connectivity index (χ1n) is 9.84. The molecule has 27 heavy (non-hydrogen) atoms. The summed E-state index contributed by atoms with van der Waals surface area (Å²) >= 11 is 0. The molecule has 0 bridgehead atoms. The van der Waals surface area contributed by atoms with Crippen LogP contribution < -0.4 is 5.32 Å². The van der Waals surface area contributed by atoms with Crippen molar-refractivity contribution in [2.24, 2.45) is 11.8 Å². The molecule has 0 aliphatic heterocycles. The van der Waals surface area contributed by atoms with E-state index in [1.165, 1.54) is 12.8 Å². The van der Waals surface area contributed by atoms with E-state index >= 15 is 0 Å². The second kappa shape index (κ2) is 10.0. The van der Waals surface area contributed by atoms with E-state index in [4.69, 9.17) is 4.98 Å². The van der Waals surface area contributed by atoms with Gasteiger partial charge in [0, 0.05) is 12.0 Å². The number of rotatable bonds is 9. The van der Waals surface area contributed by atoms with Crippen molar-refractivity contribution in [1.82, 2.24) is 9.97 Å². The molecule has 0 aliphatic rings. The Morgan fingerprint density at radius 3 is 2.52 bits per heavy atom. The first-order valence-corrected chi connectivity index (χ1v) is 9.84. The van der Waals surface area contributed by atoms with E-state index in [9.17, 15) is 9.90 Å². The summed E-state index contributed by atoms with van der Waals surface area (Å²) < 4.78 is 0. The molecule has 2 aromatic rings. The monoisotopic (exact) mass is 369 g/mol. The summed E-state index contributed by atoms with van der Waals surface area (Å²) in [6.45, 7) is 8.44. The minimum absolute atomic E-state index is 0.0286. The SMILES string of the molecule is CCCCC(C)Cc1nc(-c2ccc(O)cc2)cnc1NC(=O)CC(C)C. The number of unbranched alkanes of at least 4 members (excludes halogenated alkanes) is 1. The quantitative estimate of drug-likeness (QED) is 0.637. The van der Waals surface area contributed by atoms with Crippen LogP contribution in [0.25, 0.3) is 11.3 Å². The molecule has 0 spiro atoms. The van der Waals surface area contributed by atoms with Gasteiger partial charge in [-0.2, -0.15) is 0 Å². The lowest BCUT2D eigenvalue weighted by Gasteiger charge is -2.15. The Balaban J connectivity index is 2.28. The van der Waals surface area contributed by atoms with Crippen LogP contribution in [0, 0.1) is 11.8 Å². The number of nitrogens with zero attached hydrogens (tertiary/aromatic N) is 2. The third-order valence-electron chi connectivity index (χ3n) is 4.45. The number of phenols is 1. The molecule has 5 nitrogen and oxygen atoms in total. The number of carbonyl (C=O) groups excluding carboxylic acids is 1. The fourth-order valence-electron chi connectivity index (χ4n) is 2.98.